The van der Waals surface area contributed by atoms with E-state index < -0.39 is 5.97 Å². The summed E-state index contributed by atoms with van der Waals surface area (Å²) in [7, 11) is 0. The second-order valence-electron chi connectivity index (χ2n) is 9.29. The zero-order valence-electron chi connectivity index (χ0n) is 19.0. The molecular weight excluding hydrogens is 446 g/mol. The van der Waals surface area contributed by atoms with E-state index >= 15 is 0 Å². The first kappa shape index (κ1) is 22.8. The average Bonchev–Trinajstić information content (AvgIpc) is 2.83. The molecule has 0 bridgehead atoms. The van der Waals surface area contributed by atoms with Gasteiger partial charge in [-0.15, -0.1) is 0 Å². The summed E-state index contributed by atoms with van der Waals surface area (Å²) in [5.74, 6) is -0.740. The van der Waals surface area contributed by atoms with Crippen LogP contribution >= 0.6 is 0 Å². The number of hydrogen-bond donors (Lipinski definition) is 3. The molecule has 4 N–H and O–H groups in total. The van der Waals surface area contributed by atoms with Crippen LogP contribution in [0.25, 0.3) is 33.4 Å². The summed E-state index contributed by atoms with van der Waals surface area (Å²) in [5.41, 5.74) is 7.87. The summed E-state index contributed by atoms with van der Waals surface area (Å²) in [6.07, 6.45) is 3.97. The van der Waals surface area contributed by atoms with Crippen molar-refractivity contribution in [2.75, 3.05) is 0 Å². The Balaban J connectivity index is 1.63. The molecule has 2 aromatic carbocycles. The molecule has 0 radical (unpaired) electrons. The van der Waals surface area contributed by atoms with Crippen LogP contribution in [-0.4, -0.2) is 28.0 Å². The van der Waals surface area contributed by atoms with Gasteiger partial charge < -0.3 is 20.4 Å². The zero-order valence-corrected chi connectivity index (χ0v) is 19.0. The van der Waals surface area contributed by atoms with Crippen molar-refractivity contribution in [1.29, 1.82) is 0 Å². The lowest BCUT2D eigenvalue weighted by Gasteiger charge is -2.25. The molecule has 2 aromatic rings. The molecule has 0 atom stereocenters. The van der Waals surface area contributed by atoms with Gasteiger partial charge in [-0.05, 0) is 67.5 Å². The lowest BCUT2D eigenvalue weighted by molar-refractivity contribution is 0.0697. The minimum Gasteiger partial charge on any atom is -0.508 e. The Morgan fingerprint density at radius 3 is 2.43 bits per heavy atom. The molecule has 2 aliphatic carbocycles. The maximum absolute atomic E-state index is 13.0. The zero-order chi connectivity index (χ0) is 24.7. The van der Waals surface area contributed by atoms with E-state index in [0.29, 0.717) is 39.6 Å². The first-order valence-electron chi connectivity index (χ1n) is 11.7. The fraction of sp³-hybridized carbons (Fsp3) is 0.250. The topological polar surface area (TPSA) is 131 Å². The van der Waals surface area contributed by atoms with E-state index in [1.54, 1.807) is 24.3 Å². The van der Waals surface area contributed by atoms with E-state index in [-0.39, 0.29) is 40.2 Å². The number of Topliss-reactive ketones (excluding diaryl/α,β-unsaturated/α-hetero) is 1. The van der Waals surface area contributed by atoms with Gasteiger partial charge in [0.25, 0.3) is 0 Å². The minimum absolute atomic E-state index is 0.0189. The number of ketones is 1. The Hall–Kier alpha value is -3.97. The lowest BCUT2D eigenvalue weighted by atomic mass is 9.82. The first-order valence-corrected chi connectivity index (χ1v) is 11.7. The molecule has 1 aliphatic heterocycles. The number of phenolic OH excluding ortho intramolecular Hbond substituents is 1. The van der Waals surface area contributed by atoms with E-state index in [2.05, 4.69) is 0 Å². The maximum atomic E-state index is 13.0. The number of benzene rings is 3. The molecule has 0 aromatic heterocycles. The highest BCUT2D eigenvalue weighted by atomic mass is 16.4. The van der Waals surface area contributed by atoms with Crippen LogP contribution in [0, 0.1) is 5.92 Å². The van der Waals surface area contributed by atoms with Crippen LogP contribution in [0.1, 0.15) is 52.8 Å². The largest absolute Gasteiger partial charge is 0.508 e. The number of aromatic hydroxyl groups is 1. The van der Waals surface area contributed by atoms with E-state index in [9.17, 15) is 24.6 Å². The normalized spacial score (nSPS) is 18.1. The Bertz CT molecular complexity index is 1480. The Morgan fingerprint density at radius 2 is 1.69 bits per heavy atom. The number of carbonyl (C=O) groups is 2. The second kappa shape index (κ2) is 9.00. The molecule has 1 heterocycles. The van der Waals surface area contributed by atoms with Crippen LogP contribution in [0.5, 0.6) is 5.75 Å². The fourth-order valence-corrected chi connectivity index (χ4v) is 5.03. The van der Waals surface area contributed by atoms with Crippen molar-refractivity contribution in [1.82, 2.24) is 0 Å². The Morgan fingerprint density at radius 1 is 0.943 bits per heavy atom. The van der Waals surface area contributed by atoms with E-state index in [1.807, 2.05) is 0 Å². The summed E-state index contributed by atoms with van der Waals surface area (Å²) in [6.45, 7) is 0. The van der Waals surface area contributed by atoms with E-state index in [4.69, 9.17) is 10.2 Å². The molecule has 0 unspecified atom stereocenters. The lowest BCUT2D eigenvalue weighted by Crippen LogP contribution is -2.27. The predicted molar refractivity (Wildman–Crippen MR) is 132 cm³/mol. The highest BCUT2D eigenvalue weighted by molar-refractivity contribution is 6.09. The van der Waals surface area contributed by atoms with Crippen molar-refractivity contribution in [3.63, 3.8) is 0 Å². The number of carbonyl (C=O) groups excluding carboxylic acids is 1. The van der Waals surface area contributed by atoms with Gasteiger partial charge in [0, 0.05) is 46.7 Å². The number of fused-ring (bicyclic) bond motifs is 2. The van der Waals surface area contributed by atoms with Crippen molar-refractivity contribution >= 4 is 22.7 Å². The Labute approximate surface area is 201 Å². The predicted octanol–water partition coefficient (Wildman–Crippen LogP) is 5.06. The van der Waals surface area contributed by atoms with Crippen LogP contribution in [0.15, 0.2) is 63.8 Å². The molecule has 0 amide bonds. The molecule has 178 valence electrons. The number of carboxylic acids is 1. The fourth-order valence-electron chi connectivity index (χ4n) is 5.03. The van der Waals surface area contributed by atoms with Crippen LogP contribution in [0.3, 0.4) is 0 Å². The minimum atomic E-state index is -1.17. The summed E-state index contributed by atoms with van der Waals surface area (Å²) >= 11 is 0. The Kier molecular flexibility index (Phi) is 5.86. The average molecular weight is 472 g/mol. The molecule has 5 rings (SSSR count). The third-order valence-corrected chi connectivity index (χ3v) is 6.88. The van der Waals surface area contributed by atoms with Gasteiger partial charge in [-0.3, -0.25) is 9.59 Å². The van der Waals surface area contributed by atoms with Crippen molar-refractivity contribution in [3.8, 4) is 28.2 Å². The van der Waals surface area contributed by atoms with Crippen LogP contribution in [-0.2, 0) is 0 Å². The van der Waals surface area contributed by atoms with Crippen LogP contribution in [0.4, 0.5) is 0 Å². The van der Waals surface area contributed by atoms with E-state index in [1.165, 1.54) is 30.3 Å². The van der Waals surface area contributed by atoms with Crippen molar-refractivity contribution in [2.45, 2.75) is 38.1 Å². The van der Waals surface area contributed by atoms with Gasteiger partial charge in [0.2, 0.25) is 0 Å². The summed E-state index contributed by atoms with van der Waals surface area (Å²) in [5, 5.41) is 20.6. The highest BCUT2D eigenvalue weighted by Crippen LogP contribution is 2.42. The van der Waals surface area contributed by atoms with Gasteiger partial charge >= 0.3 is 5.97 Å². The van der Waals surface area contributed by atoms with Crippen molar-refractivity contribution in [3.05, 3.63) is 75.9 Å². The van der Waals surface area contributed by atoms with Gasteiger partial charge in [0.1, 0.15) is 17.1 Å². The van der Waals surface area contributed by atoms with Gasteiger partial charge in [-0.2, -0.15) is 0 Å². The molecular formula is C28H25NO6. The van der Waals surface area contributed by atoms with Crippen LogP contribution < -0.4 is 11.2 Å². The molecule has 3 aliphatic rings. The number of phenols is 1. The summed E-state index contributed by atoms with van der Waals surface area (Å²) < 4.78 is 5.85. The number of nitrogens with two attached hydrogens (primary N) is 1. The van der Waals surface area contributed by atoms with E-state index in [0.717, 1.165) is 25.7 Å². The number of carboxylic acid groups (broad SMARTS) is 1. The second-order valence-corrected chi connectivity index (χ2v) is 9.29. The highest BCUT2D eigenvalue weighted by Gasteiger charge is 2.25. The number of hydrogen-bond acceptors (Lipinski definition) is 6. The van der Waals surface area contributed by atoms with Gasteiger partial charge in [-0.25, -0.2) is 4.79 Å². The summed E-state index contributed by atoms with van der Waals surface area (Å²) in [4.78, 5) is 37.3. The molecule has 35 heavy (non-hydrogen) atoms. The maximum Gasteiger partial charge on any atom is 0.336 e. The number of aromatic carboxylic acids is 1. The monoisotopic (exact) mass is 471 g/mol. The molecule has 1 fully saturated rings. The molecule has 1 saturated carbocycles. The quantitative estimate of drug-likeness (QED) is 0.274. The standard InChI is InChI=1S/C28H25NO6/c29-17-4-1-15(2-5-17)11-24(32)16-3-8-20(23(12-16)28(33)34)27-21-9-6-18(30)13-25(21)35-26-14-19(31)7-10-22(26)27/h3,6-10,12-15,17,30H,1-2,4-5,11,29H2,(H,33,34). The first-order chi connectivity index (χ1) is 16.8. The third-order valence-electron chi connectivity index (χ3n) is 6.88. The van der Waals surface area contributed by atoms with Gasteiger partial charge in [-0.1, -0.05) is 12.1 Å². The van der Waals surface area contributed by atoms with Crippen LogP contribution in [0.2, 0.25) is 0 Å². The van der Waals surface area contributed by atoms with Crippen molar-refractivity contribution < 1.29 is 24.2 Å². The smallest absolute Gasteiger partial charge is 0.336 e. The number of rotatable bonds is 5. The molecule has 7 heteroatoms. The van der Waals surface area contributed by atoms with Gasteiger partial charge in [0.15, 0.2) is 11.2 Å². The summed E-state index contributed by atoms with van der Waals surface area (Å²) in [6, 6.07) is 13.8. The SMILES string of the molecule is NC1CCC(CC(=O)c2ccc(-c3c4ccc(=O)cc-4oc4cc(O)ccc34)c(C(=O)O)c2)CC1. The third kappa shape index (κ3) is 4.42. The van der Waals surface area contributed by atoms with Crippen molar-refractivity contribution in [2.24, 2.45) is 11.7 Å². The molecule has 0 saturated heterocycles. The molecule has 7 nitrogen and oxygen atoms in total. The molecule has 0 spiro atoms. The van der Waals surface area contributed by atoms with Gasteiger partial charge in [0.05, 0.1) is 5.56 Å².